The van der Waals surface area contributed by atoms with E-state index in [9.17, 15) is 13.2 Å². The van der Waals surface area contributed by atoms with Crippen molar-refractivity contribution in [1.29, 1.82) is 0 Å². The van der Waals surface area contributed by atoms with Gasteiger partial charge in [-0.3, -0.25) is 9.36 Å². The van der Waals surface area contributed by atoms with E-state index in [1.165, 1.54) is 22.9 Å². The molecule has 5 nitrogen and oxygen atoms in total. The number of aromatic nitrogens is 2. The van der Waals surface area contributed by atoms with Crippen molar-refractivity contribution in [2.24, 2.45) is 0 Å². The number of nitrogens with zero attached hydrogens (tertiary/aromatic N) is 2. The first-order valence-electron chi connectivity index (χ1n) is 6.29. The topological polar surface area (TPSA) is 69.0 Å². The van der Waals surface area contributed by atoms with Crippen LogP contribution in [0.15, 0.2) is 40.2 Å². The molecule has 0 amide bonds. The largest absolute Gasteiger partial charge is 0.280 e. The molecule has 21 heavy (non-hydrogen) atoms. The van der Waals surface area contributed by atoms with Gasteiger partial charge in [0.25, 0.3) is 5.56 Å². The molecule has 0 N–H and O–H groups in total. The van der Waals surface area contributed by atoms with E-state index in [0.29, 0.717) is 11.1 Å². The summed E-state index contributed by atoms with van der Waals surface area (Å²) in [6.45, 7) is 3.68. The molecule has 0 saturated carbocycles. The maximum Gasteiger partial charge on any atom is 0.262 e. The second-order valence-corrected chi connectivity index (χ2v) is 7.36. The van der Waals surface area contributed by atoms with Gasteiger partial charge in [-0.1, -0.05) is 12.1 Å². The summed E-state index contributed by atoms with van der Waals surface area (Å²) in [5, 5.41) is 0.131. The lowest BCUT2D eigenvalue weighted by Gasteiger charge is -2.13. The molecular weight excluding hydrogens is 312 g/mol. The van der Waals surface area contributed by atoms with Crippen LogP contribution < -0.4 is 5.56 Å². The van der Waals surface area contributed by atoms with Crippen LogP contribution in [0.1, 0.15) is 19.9 Å². The average Bonchev–Trinajstić information content (AvgIpc) is 2.37. The minimum Gasteiger partial charge on any atom is -0.280 e. The molecule has 0 spiro atoms. The Bertz CT molecular complexity index is 824. The first-order chi connectivity index (χ1) is 9.71. The lowest BCUT2D eigenvalue weighted by molar-refractivity contribution is 0.570. The van der Waals surface area contributed by atoms with E-state index in [1.54, 1.807) is 12.1 Å². The van der Waals surface area contributed by atoms with Crippen molar-refractivity contribution in [3.8, 4) is 11.1 Å². The van der Waals surface area contributed by atoms with Crippen molar-refractivity contribution >= 4 is 21.4 Å². The molecule has 0 bridgehead atoms. The van der Waals surface area contributed by atoms with E-state index >= 15 is 0 Å². The van der Waals surface area contributed by atoms with E-state index in [-0.39, 0.29) is 21.8 Å². The Morgan fingerprint density at radius 2 is 1.76 bits per heavy atom. The molecule has 0 aliphatic rings. The summed E-state index contributed by atoms with van der Waals surface area (Å²) in [5.41, 5.74) is 0.733. The molecule has 0 atom stereocenters. The zero-order valence-electron chi connectivity index (χ0n) is 11.9. The first-order valence-corrected chi connectivity index (χ1v) is 8.56. The van der Waals surface area contributed by atoms with E-state index in [4.69, 9.17) is 11.6 Å². The van der Waals surface area contributed by atoms with Crippen LogP contribution in [0.25, 0.3) is 11.1 Å². The number of hydrogen-bond donors (Lipinski definition) is 0. The van der Waals surface area contributed by atoms with Crippen LogP contribution in [0.5, 0.6) is 0 Å². The molecular formula is C14H15ClN2O3S. The summed E-state index contributed by atoms with van der Waals surface area (Å²) in [6, 6.07) is 6.00. The number of benzene rings is 1. The van der Waals surface area contributed by atoms with Crippen LogP contribution in [-0.2, 0) is 9.84 Å². The number of halogens is 1. The van der Waals surface area contributed by atoms with Crippen molar-refractivity contribution in [3.05, 3.63) is 46.1 Å². The molecule has 1 aromatic carbocycles. The average molecular weight is 327 g/mol. The van der Waals surface area contributed by atoms with Gasteiger partial charge in [0, 0.05) is 18.5 Å². The molecule has 2 aromatic rings. The van der Waals surface area contributed by atoms with Gasteiger partial charge in [0.05, 0.1) is 10.5 Å². The van der Waals surface area contributed by atoms with Gasteiger partial charge in [-0.05, 0) is 43.1 Å². The van der Waals surface area contributed by atoms with Crippen LogP contribution in [0.3, 0.4) is 0 Å². The summed E-state index contributed by atoms with van der Waals surface area (Å²) in [4.78, 5) is 16.7. The molecule has 0 saturated heterocycles. The fourth-order valence-corrected chi connectivity index (χ4v) is 2.93. The zero-order valence-corrected chi connectivity index (χ0v) is 13.4. The maximum absolute atomic E-state index is 12.4. The molecule has 1 aromatic heterocycles. The van der Waals surface area contributed by atoms with Gasteiger partial charge >= 0.3 is 0 Å². The van der Waals surface area contributed by atoms with Crippen LogP contribution >= 0.6 is 11.6 Å². The smallest absolute Gasteiger partial charge is 0.262 e. The van der Waals surface area contributed by atoms with E-state index in [2.05, 4.69) is 4.98 Å². The van der Waals surface area contributed by atoms with Crippen molar-refractivity contribution in [3.63, 3.8) is 0 Å². The normalized spacial score (nSPS) is 11.9. The van der Waals surface area contributed by atoms with E-state index in [1.807, 2.05) is 13.8 Å². The Morgan fingerprint density at radius 1 is 1.19 bits per heavy atom. The minimum atomic E-state index is -3.26. The third kappa shape index (κ3) is 3.16. The predicted octanol–water partition coefficient (Wildman–Crippen LogP) is 2.55. The molecule has 0 aliphatic heterocycles. The predicted molar refractivity (Wildman–Crippen MR) is 82.4 cm³/mol. The molecule has 1 heterocycles. The highest BCUT2D eigenvalue weighted by atomic mass is 35.5. The van der Waals surface area contributed by atoms with Gasteiger partial charge < -0.3 is 0 Å². The first kappa shape index (κ1) is 15.7. The minimum absolute atomic E-state index is 0.118. The van der Waals surface area contributed by atoms with Crippen molar-refractivity contribution in [2.45, 2.75) is 24.8 Å². The highest BCUT2D eigenvalue weighted by molar-refractivity contribution is 7.90. The van der Waals surface area contributed by atoms with Crippen LogP contribution in [0.2, 0.25) is 5.28 Å². The fraction of sp³-hybridized carbons (Fsp3) is 0.286. The van der Waals surface area contributed by atoms with E-state index in [0.717, 1.165) is 6.26 Å². The lowest BCUT2D eigenvalue weighted by Crippen LogP contribution is -2.24. The van der Waals surface area contributed by atoms with Crippen molar-refractivity contribution in [1.82, 2.24) is 9.55 Å². The quantitative estimate of drug-likeness (QED) is 0.813. The third-order valence-electron chi connectivity index (χ3n) is 3.06. The summed E-state index contributed by atoms with van der Waals surface area (Å²) in [7, 11) is -3.26. The zero-order chi connectivity index (χ0) is 15.8. The maximum atomic E-state index is 12.4. The van der Waals surface area contributed by atoms with Gasteiger partial charge in [0.15, 0.2) is 9.84 Å². The molecule has 112 valence electrons. The van der Waals surface area contributed by atoms with Crippen LogP contribution in [-0.4, -0.2) is 24.2 Å². The Labute approximate surface area is 128 Å². The summed E-state index contributed by atoms with van der Waals surface area (Å²) >= 11 is 5.94. The Kier molecular flexibility index (Phi) is 4.20. The second-order valence-electron chi connectivity index (χ2n) is 5.01. The highest BCUT2D eigenvalue weighted by Crippen LogP contribution is 2.20. The number of sulfone groups is 1. The molecule has 0 radical (unpaired) electrons. The van der Waals surface area contributed by atoms with Gasteiger partial charge in [0.2, 0.25) is 5.28 Å². The summed E-state index contributed by atoms with van der Waals surface area (Å²) < 4.78 is 24.3. The molecule has 7 heteroatoms. The standard InChI is InChI=1S/C14H15ClN2O3S/c1-9(2)17-13(18)12(8-16-14(17)15)10-4-6-11(7-5-10)21(3,19)20/h4-9H,1-3H3. The molecule has 0 aliphatic carbocycles. The number of hydrogen-bond acceptors (Lipinski definition) is 4. The van der Waals surface area contributed by atoms with Gasteiger partial charge in [-0.2, -0.15) is 0 Å². The Hall–Kier alpha value is -1.66. The molecule has 2 rings (SSSR count). The monoisotopic (exact) mass is 326 g/mol. The van der Waals surface area contributed by atoms with Gasteiger partial charge in [0.1, 0.15) is 0 Å². The van der Waals surface area contributed by atoms with Crippen molar-refractivity contribution < 1.29 is 8.42 Å². The van der Waals surface area contributed by atoms with E-state index < -0.39 is 9.84 Å². The molecule has 0 unspecified atom stereocenters. The van der Waals surface area contributed by atoms with Crippen LogP contribution in [0.4, 0.5) is 0 Å². The van der Waals surface area contributed by atoms with Crippen molar-refractivity contribution in [2.75, 3.05) is 6.26 Å². The summed E-state index contributed by atoms with van der Waals surface area (Å²) in [5.74, 6) is 0. The highest BCUT2D eigenvalue weighted by Gasteiger charge is 2.14. The SMILES string of the molecule is CC(C)n1c(Cl)ncc(-c2ccc(S(C)(=O)=O)cc2)c1=O. The van der Waals surface area contributed by atoms with Crippen LogP contribution in [0, 0.1) is 0 Å². The summed E-state index contributed by atoms with van der Waals surface area (Å²) in [6.07, 6.45) is 2.54. The van der Waals surface area contributed by atoms with Gasteiger partial charge in [-0.15, -0.1) is 0 Å². The Balaban J connectivity index is 2.58. The fourth-order valence-electron chi connectivity index (χ4n) is 1.98. The Morgan fingerprint density at radius 3 is 2.24 bits per heavy atom. The third-order valence-corrected chi connectivity index (χ3v) is 4.47. The van der Waals surface area contributed by atoms with Gasteiger partial charge in [-0.25, -0.2) is 13.4 Å². The molecule has 0 fully saturated rings. The lowest BCUT2D eigenvalue weighted by atomic mass is 10.1. The number of rotatable bonds is 3. The second kappa shape index (κ2) is 5.61.